The van der Waals surface area contributed by atoms with Crippen LogP contribution in [0.1, 0.15) is 37.7 Å². The van der Waals surface area contributed by atoms with E-state index in [1.807, 2.05) is 18.2 Å². The molecule has 1 aliphatic rings. The molecule has 0 aromatic heterocycles. The SMILES string of the molecule is COc1ccc(OC2CCCCCC2O)c(CN)c1. The maximum Gasteiger partial charge on any atom is 0.124 e. The number of nitrogens with two attached hydrogens (primary N) is 1. The Balaban J connectivity index is 2.12. The lowest BCUT2D eigenvalue weighted by atomic mass is 10.1. The number of ether oxygens (including phenoxy) is 2. The highest BCUT2D eigenvalue weighted by Crippen LogP contribution is 2.28. The molecule has 1 fully saturated rings. The lowest BCUT2D eigenvalue weighted by Crippen LogP contribution is -2.30. The van der Waals surface area contributed by atoms with Gasteiger partial charge in [-0.1, -0.05) is 12.8 Å². The molecule has 2 rings (SSSR count). The van der Waals surface area contributed by atoms with Gasteiger partial charge in [0, 0.05) is 12.1 Å². The number of aliphatic hydroxyl groups is 1. The number of methoxy groups -OCH3 is 1. The lowest BCUT2D eigenvalue weighted by Gasteiger charge is -2.23. The van der Waals surface area contributed by atoms with E-state index in [4.69, 9.17) is 15.2 Å². The standard InChI is InChI=1S/C15H23NO3/c1-18-12-7-8-14(11(9-12)10-16)19-15-6-4-2-3-5-13(15)17/h7-9,13,15,17H,2-6,10,16H2,1H3. The predicted molar refractivity (Wildman–Crippen MR) is 74.4 cm³/mol. The zero-order valence-electron chi connectivity index (χ0n) is 11.5. The second-order valence-electron chi connectivity index (χ2n) is 5.04. The Bertz CT molecular complexity index is 408. The summed E-state index contributed by atoms with van der Waals surface area (Å²) in [5.74, 6) is 1.53. The highest BCUT2D eigenvalue weighted by molar-refractivity contribution is 5.40. The summed E-state index contributed by atoms with van der Waals surface area (Å²) in [5, 5.41) is 10.1. The minimum Gasteiger partial charge on any atom is -0.497 e. The summed E-state index contributed by atoms with van der Waals surface area (Å²) >= 11 is 0. The first-order chi connectivity index (χ1) is 9.24. The van der Waals surface area contributed by atoms with Gasteiger partial charge in [-0.3, -0.25) is 0 Å². The first-order valence-corrected chi connectivity index (χ1v) is 6.96. The molecule has 2 atom stereocenters. The van der Waals surface area contributed by atoms with Crippen molar-refractivity contribution in [3.05, 3.63) is 23.8 Å². The Labute approximate surface area is 114 Å². The van der Waals surface area contributed by atoms with Crippen molar-refractivity contribution >= 4 is 0 Å². The van der Waals surface area contributed by atoms with Gasteiger partial charge in [-0.15, -0.1) is 0 Å². The maximum absolute atomic E-state index is 10.1. The quantitative estimate of drug-likeness (QED) is 0.819. The molecule has 106 valence electrons. The van der Waals surface area contributed by atoms with Crippen molar-refractivity contribution < 1.29 is 14.6 Å². The summed E-state index contributed by atoms with van der Waals surface area (Å²) in [7, 11) is 1.63. The number of aliphatic hydroxyl groups excluding tert-OH is 1. The van der Waals surface area contributed by atoms with Crippen molar-refractivity contribution in [3.63, 3.8) is 0 Å². The van der Waals surface area contributed by atoms with Gasteiger partial charge >= 0.3 is 0 Å². The molecule has 0 aliphatic heterocycles. The molecular formula is C15H23NO3. The molecule has 0 bridgehead atoms. The molecule has 4 heteroatoms. The molecule has 1 saturated carbocycles. The molecule has 2 unspecified atom stereocenters. The number of hydrogen-bond donors (Lipinski definition) is 2. The van der Waals surface area contributed by atoms with Crippen molar-refractivity contribution in [1.29, 1.82) is 0 Å². The van der Waals surface area contributed by atoms with Gasteiger partial charge in [-0.25, -0.2) is 0 Å². The van der Waals surface area contributed by atoms with Gasteiger partial charge in [0.15, 0.2) is 0 Å². The molecule has 3 N–H and O–H groups in total. The second-order valence-corrected chi connectivity index (χ2v) is 5.04. The summed E-state index contributed by atoms with van der Waals surface area (Å²) in [6.07, 6.45) is 4.57. The monoisotopic (exact) mass is 265 g/mol. The summed E-state index contributed by atoms with van der Waals surface area (Å²) in [6, 6.07) is 5.62. The zero-order valence-corrected chi connectivity index (χ0v) is 11.5. The van der Waals surface area contributed by atoms with Crippen LogP contribution in [0.4, 0.5) is 0 Å². The Morgan fingerprint density at radius 1 is 1.26 bits per heavy atom. The molecule has 0 amide bonds. The normalized spacial score (nSPS) is 23.7. The lowest BCUT2D eigenvalue weighted by molar-refractivity contribution is 0.0314. The molecule has 0 saturated heterocycles. The molecule has 1 aliphatic carbocycles. The van der Waals surface area contributed by atoms with Crippen LogP contribution < -0.4 is 15.2 Å². The van der Waals surface area contributed by atoms with Crippen LogP contribution in [0.5, 0.6) is 11.5 Å². The first kappa shape index (κ1) is 14.2. The molecular weight excluding hydrogens is 242 g/mol. The minimum absolute atomic E-state index is 0.124. The molecule has 1 aromatic carbocycles. The Kier molecular flexibility index (Phi) is 5.05. The average molecular weight is 265 g/mol. The van der Waals surface area contributed by atoms with E-state index in [0.29, 0.717) is 6.54 Å². The number of benzene rings is 1. The fraction of sp³-hybridized carbons (Fsp3) is 0.600. The third kappa shape index (κ3) is 3.61. The van der Waals surface area contributed by atoms with Gasteiger partial charge in [0.25, 0.3) is 0 Å². The van der Waals surface area contributed by atoms with Gasteiger partial charge < -0.3 is 20.3 Å². The smallest absolute Gasteiger partial charge is 0.124 e. The third-order valence-electron chi connectivity index (χ3n) is 3.68. The van der Waals surface area contributed by atoms with Gasteiger partial charge in [0.2, 0.25) is 0 Å². The number of rotatable bonds is 4. The van der Waals surface area contributed by atoms with E-state index in [9.17, 15) is 5.11 Å². The molecule has 4 nitrogen and oxygen atoms in total. The highest BCUT2D eigenvalue weighted by Gasteiger charge is 2.24. The molecule has 0 spiro atoms. The Hall–Kier alpha value is -1.26. The topological polar surface area (TPSA) is 64.7 Å². The largest absolute Gasteiger partial charge is 0.497 e. The first-order valence-electron chi connectivity index (χ1n) is 6.96. The van der Waals surface area contributed by atoms with E-state index < -0.39 is 0 Å². The fourth-order valence-electron chi connectivity index (χ4n) is 2.51. The Morgan fingerprint density at radius 3 is 2.79 bits per heavy atom. The molecule has 0 radical (unpaired) electrons. The van der Waals surface area contributed by atoms with Crippen LogP contribution in [0.25, 0.3) is 0 Å². The molecule has 0 heterocycles. The van der Waals surface area contributed by atoms with Crippen molar-refractivity contribution in [3.8, 4) is 11.5 Å². The van der Waals surface area contributed by atoms with Gasteiger partial charge in [-0.2, -0.15) is 0 Å². The van der Waals surface area contributed by atoms with Crippen LogP contribution in [0.15, 0.2) is 18.2 Å². The molecule has 19 heavy (non-hydrogen) atoms. The summed E-state index contributed by atoms with van der Waals surface area (Å²) < 4.78 is 11.2. The van der Waals surface area contributed by atoms with Crippen LogP contribution in [0, 0.1) is 0 Å². The van der Waals surface area contributed by atoms with Crippen LogP contribution in [0.2, 0.25) is 0 Å². The predicted octanol–water partition coefficient (Wildman–Crippen LogP) is 2.23. The van der Waals surface area contributed by atoms with E-state index >= 15 is 0 Å². The summed E-state index contributed by atoms with van der Waals surface area (Å²) in [6.45, 7) is 0.398. The van der Waals surface area contributed by atoms with E-state index in [0.717, 1.165) is 42.7 Å². The highest BCUT2D eigenvalue weighted by atomic mass is 16.5. The van der Waals surface area contributed by atoms with Crippen molar-refractivity contribution in [2.45, 2.75) is 50.9 Å². The summed E-state index contributed by atoms with van der Waals surface area (Å²) in [4.78, 5) is 0. The minimum atomic E-state index is -0.379. The van der Waals surface area contributed by atoms with E-state index in [-0.39, 0.29) is 12.2 Å². The van der Waals surface area contributed by atoms with Crippen LogP contribution in [0.3, 0.4) is 0 Å². The van der Waals surface area contributed by atoms with Crippen molar-refractivity contribution in [2.75, 3.05) is 7.11 Å². The van der Waals surface area contributed by atoms with E-state index in [1.54, 1.807) is 7.11 Å². The second kappa shape index (κ2) is 6.78. The van der Waals surface area contributed by atoms with Gasteiger partial charge in [0.05, 0.1) is 13.2 Å². The zero-order chi connectivity index (χ0) is 13.7. The van der Waals surface area contributed by atoms with Crippen molar-refractivity contribution in [2.24, 2.45) is 5.73 Å². The van der Waals surface area contributed by atoms with Crippen LogP contribution in [-0.2, 0) is 6.54 Å². The average Bonchev–Trinajstić information content (AvgIpc) is 2.64. The fourth-order valence-corrected chi connectivity index (χ4v) is 2.51. The van der Waals surface area contributed by atoms with E-state index in [1.165, 1.54) is 6.42 Å². The Morgan fingerprint density at radius 2 is 2.05 bits per heavy atom. The summed E-state index contributed by atoms with van der Waals surface area (Å²) in [5.41, 5.74) is 6.66. The van der Waals surface area contributed by atoms with Crippen LogP contribution >= 0.6 is 0 Å². The number of hydrogen-bond acceptors (Lipinski definition) is 4. The van der Waals surface area contributed by atoms with Crippen LogP contribution in [-0.4, -0.2) is 24.4 Å². The third-order valence-corrected chi connectivity index (χ3v) is 3.68. The van der Waals surface area contributed by atoms with E-state index in [2.05, 4.69) is 0 Å². The molecule has 1 aromatic rings. The van der Waals surface area contributed by atoms with Gasteiger partial charge in [-0.05, 0) is 37.5 Å². The maximum atomic E-state index is 10.1. The van der Waals surface area contributed by atoms with Gasteiger partial charge in [0.1, 0.15) is 17.6 Å². The van der Waals surface area contributed by atoms with Crippen molar-refractivity contribution in [1.82, 2.24) is 0 Å².